The van der Waals surface area contributed by atoms with Gasteiger partial charge in [-0.15, -0.1) is 0 Å². The van der Waals surface area contributed by atoms with Crippen molar-refractivity contribution < 1.29 is 23.9 Å². The first-order chi connectivity index (χ1) is 19.2. The number of nitrogens with zero attached hydrogens (tertiary/aromatic N) is 1. The van der Waals surface area contributed by atoms with Crippen molar-refractivity contribution in [3.05, 3.63) is 99.0 Å². The van der Waals surface area contributed by atoms with E-state index in [1.54, 1.807) is 19.9 Å². The quantitative estimate of drug-likeness (QED) is 0.313. The van der Waals surface area contributed by atoms with E-state index in [0.29, 0.717) is 5.02 Å². The molecule has 0 spiro atoms. The Morgan fingerprint density at radius 3 is 1.82 bits per heavy atom. The molecule has 1 saturated heterocycles. The van der Waals surface area contributed by atoms with Crippen LogP contribution in [-0.2, 0) is 23.9 Å². The van der Waals surface area contributed by atoms with Crippen LogP contribution in [0.2, 0.25) is 10.0 Å². The Balaban J connectivity index is 1.26. The standard InChI is InChI=1S/C31H26Cl2N2O5/c1-15(2)28(31(39)40-14-23(36)34-22-13-16(32)11-12-21(22)33)35-29(37)26-24-17-7-3-4-8-18(17)25(27(26)30(35)38)20-10-6-5-9-19(20)24/h3-13,15,24-28H,14H2,1-2H3,(H,34,36)/t24?,25?,26-,27+,28-/m1/s1. The van der Waals surface area contributed by atoms with Crippen LogP contribution in [0.3, 0.4) is 0 Å². The minimum atomic E-state index is -1.17. The number of hydrogen-bond donors (Lipinski definition) is 1. The first-order valence-electron chi connectivity index (χ1n) is 13.1. The van der Waals surface area contributed by atoms with E-state index >= 15 is 0 Å². The molecule has 1 fully saturated rings. The molecule has 204 valence electrons. The highest BCUT2D eigenvalue weighted by Crippen LogP contribution is 2.61. The molecule has 7 nitrogen and oxygen atoms in total. The predicted molar refractivity (Wildman–Crippen MR) is 150 cm³/mol. The highest BCUT2D eigenvalue weighted by Gasteiger charge is 2.63. The third kappa shape index (κ3) is 4.11. The third-order valence-electron chi connectivity index (χ3n) is 8.18. The van der Waals surface area contributed by atoms with Gasteiger partial charge in [-0.25, -0.2) is 4.79 Å². The monoisotopic (exact) mass is 576 g/mol. The first kappa shape index (κ1) is 26.5. The number of benzene rings is 3. The summed E-state index contributed by atoms with van der Waals surface area (Å²) in [6.07, 6.45) is 0. The number of imide groups is 1. The molecule has 7 rings (SSSR count). The van der Waals surface area contributed by atoms with E-state index in [-0.39, 0.29) is 34.4 Å². The van der Waals surface area contributed by atoms with E-state index in [9.17, 15) is 19.2 Å². The molecule has 3 aliphatic carbocycles. The Hall–Kier alpha value is -3.68. The lowest BCUT2D eigenvalue weighted by atomic mass is 9.55. The maximum atomic E-state index is 14.0. The number of esters is 1. The second-order valence-electron chi connectivity index (χ2n) is 10.8. The van der Waals surface area contributed by atoms with E-state index in [0.717, 1.165) is 27.2 Å². The van der Waals surface area contributed by atoms with Crippen LogP contribution in [0.25, 0.3) is 0 Å². The lowest BCUT2D eigenvalue weighted by Crippen LogP contribution is -2.49. The van der Waals surface area contributed by atoms with Gasteiger partial charge in [-0.2, -0.15) is 0 Å². The number of likely N-dealkylation sites (tertiary alicyclic amines) is 1. The number of ether oxygens (including phenoxy) is 1. The van der Waals surface area contributed by atoms with Crippen molar-refractivity contribution >= 4 is 52.6 Å². The van der Waals surface area contributed by atoms with Crippen LogP contribution in [-0.4, -0.2) is 41.2 Å². The summed E-state index contributed by atoms with van der Waals surface area (Å²) >= 11 is 12.1. The average molecular weight is 577 g/mol. The van der Waals surface area contributed by atoms with Gasteiger partial charge in [-0.1, -0.05) is 85.6 Å². The predicted octanol–water partition coefficient (Wildman–Crippen LogP) is 5.39. The van der Waals surface area contributed by atoms with Crippen molar-refractivity contribution in [3.8, 4) is 0 Å². The van der Waals surface area contributed by atoms with Gasteiger partial charge in [0.2, 0.25) is 11.8 Å². The molecular weight excluding hydrogens is 551 g/mol. The molecule has 3 aromatic carbocycles. The minimum absolute atomic E-state index is 0.275. The van der Waals surface area contributed by atoms with Gasteiger partial charge in [0.15, 0.2) is 6.61 Å². The fourth-order valence-electron chi connectivity index (χ4n) is 6.65. The number of halogens is 2. The van der Waals surface area contributed by atoms with Crippen LogP contribution < -0.4 is 5.32 Å². The van der Waals surface area contributed by atoms with E-state index < -0.39 is 42.3 Å². The number of rotatable bonds is 6. The van der Waals surface area contributed by atoms with E-state index in [4.69, 9.17) is 27.9 Å². The molecule has 4 aliphatic rings. The summed E-state index contributed by atoms with van der Waals surface area (Å²) < 4.78 is 5.35. The summed E-state index contributed by atoms with van der Waals surface area (Å²) in [6, 6.07) is 19.3. The number of hydrogen-bond acceptors (Lipinski definition) is 5. The van der Waals surface area contributed by atoms with Gasteiger partial charge in [0.1, 0.15) is 6.04 Å². The molecule has 1 N–H and O–H groups in total. The highest BCUT2D eigenvalue weighted by molar-refractivity contribution is 6.35. The number of carbonyl (C=O) groups is 4. The van der Waals surface area contributed by atoms with Crippen molar-refractivity contribution in [1.82, 2.24) is 4.90 Å². The van der Waals surface area contributed by atoms with Crippen molar-refractivity contribution in [2.24, 2.45) is 17.8 Å². The topological polar surface area (TPSA) is 92.8 Å². The van der Waals surface area contributed by atoms with Crippen LogP contribution in [0, 0.1) is 17.8 Å². The minimum Gasteiger partial charge on any atom is -0.454 e. The van der Waals surface area contributed by atoms with Crippen molar-refractivity contribution in [2.45, 2.75) is 31.7 Å². The van der Waals surface area contributed by atoms with E-state index in [1.165, 1.54) is 12.1 Å². The van der Waals surface area contributed by atoms with Gasteiger partial charge < -0.3 is 10.1 Å². The molecule has 40 heavy (non-hydrogen) atoms. The second-order valence-corrected chi connectivity index (χ2v) is 11.6. The molecule has 3 amide bonds. The SMILES string of the molecule is CC(C)[C@H](C(=O)OCC(=O)Nc1cc(Cl)ccc1Cl)N1C(=O)[C@@H]2C3c4ccccc4C(c4ccccc43)[C@@H]2C1=O. The maximum absolute atomic E-state index is 14.0. The summed E-state index contributed by atoms with van der Waals surface area (Å²) in [7, 11) is 0. The van der Waals surface area contributed by atoms with Crippen LogP contribution in [0.4, 0.5) is 5.69 Å². The van der Waals surface area contributed by atoms with Crippen LogP contribution >= 0.6 is 23.2 Å². The number of nitrogens with one attached hydrogen (secondary N) is 1. The molecule has 2 bridgehead atoms. The highest BCUT2D eigenvalue weighted by atomic mass is 35.5. The molecule has 0 aromatic heterocycles. The van der Waals surface area contributed by atoms with Gasteiger partial charge in [0.05, 0.1) is 22.5 Å². The molecule has 0 radical (unpaired) electrons. The zero-order valence-corrected chi connectivity index (χ0v) is 23.3. The average Bonchev–Trinajstić information content (AvgIpc) is 3.20. The largest absolute Gasteiger partial charge is 0.454 e. The molecule has 0 unspecified atom stereocenters. The summed E-state index contributed by atoms with van der Waals surface area (Å²) in [4.78, 5) is 55.1. The molecule has 3 atom stereocenters. The lowest BCUT2D eigenvalue weighted by Gasteiger charge is -2.45. The smallest absolute Gasteiger partial charge is 0.330 e. The zero-order valence-electron chi connectivity index (χ0n) is 21.8. The number of carbonyl (C=O) groups excluding carboxylic acids is 4. The molecule has 0 saturated carbocycles. The van der Waals surface area contributed by atoms with Crippen molar-refractivity contribution in [1.29, 1.82) is 0 Å². The summed E-state index contributed by atoms with van der Waals surface area (Å²) in [5, 5.41) is 3.21. The third-order valence-corrected chi connectivity index (χ3v) is 8.75. The number of amides is 3. The zero-order chi connectivity index (χ0) is 28.3. The molecule has 1 aliphatic heterocycles. The Morgan fingerprint density at radius 2 is 1.35 bits per heavy atom. The normalized spacial score (nSPS) is 23.0. The van der Waals surface area contributed by atoms with Crippen LogP contribution in [0.15, 0.2) is 66.7 Å². The number of anilines is 1. The lowest BCUT2D eigenvalue weighted by molar-refractivity contribution is -0.162. The van der Waals surface area contributed by atoms with Crippen LogP contribution in [0.1, 0.15) is 47.9 Å². The molecule has 9 heteroatoms. The molecule has 3 aromatic rings. The van der Waals surface area contributed by atoms with Gasteiger partial charge in [-0.05, 0) is 46.4 Å². The molecule has 1 heterocycles. The van der Waals surface area contributed by atoms with E-state index in [1.807, 2.05) is 48.5 Å². The van der Waals surface area contributed by atoms with Gasteiger partial charge >= 0.3 is 5.97 Å². The van der Waals surface area contributed by atoms with Gasteiger partial charge in [0.25, 0.3) is 5.91 Å². The second kappa shape index (κ2) is 10.1. The fraction of sp³-hybridized carbons (Fsp3) is 0.290. The van der Waals surface area contributed by atoms with Crippen molar-refractivity contribution in [2.75, 3.05) is 11.9 Å². The van der Waals surface area contributed by atoms with Crippen molar-refractivity contribution in [3.63, 3.8) is 0 Å². The Morgan fingerprint density at radius 1 is 0.850 bits per heavy atom. The Labute approximate surface area is 241 Å². The maximum Gasteiger partial charge on any atom is 0.330 e. The summed E-state index contributed by atoms with van der Waals surface area (Å²) in [6.45, 7) is 2.88. The Kier molecular flexibility index (Phi) is 6.67. The van der Waals surface area contributed by atoms with Gasteiger partial charge in [-0.3, -0.25) is 19.3 Å². The van der Waals surface area contributed by atoms with Gasteiger partial charge in [0, 0.05) is 16.9 Å². The Bertz CT molecular complexity index is 1460. The summed E-state index contributed by atoms with van der Waals surface area (Å²) in [5.41, 5.74) is 4.48. The fourth-order valence-corrected chi connectivity index (χ4v) is 6.99. The summed E-state index contributed by atoms with van der Waals surface area (Å²) in [5.74, 6) is -4.40. The van der Waals surface area contributed by atoms with E-state index in [2.05, 4.69) is 5.32 Å². The molecular formula is C31H26Cl2N2O5. The first-order valence-corrected chi connectivity index (χ1v) is 13.9. The van der Waals surface area contributed by atoms with Crippen LogP contribution in [0.5, 0.6) is 0 Å².